The molecule has 0 atom stereocenters. The van der Waals surface area contributed by atoms with Crippen LogP contribution in [0.25, 0.3) is 22.2 Å². The van der Waals surface area contributed by atoms with Crippen molar-refractivity contribution < 1.29 is 13.5 Å². The highest BCUT2D eigenvalue weighted by Crippen LogP contribution is 2.30. The van der Waals surface area contributed by atoms with Crippen LogP contribution >= 0.6 is 0 Å². The van der Waals surface area contributed by atoms with E-state index in [9.17, 15) is 8.78 Å². The smallest absolute Gasteiger partial charge is 0.388 e. The number of aromatic nitrogens is 2. The summed E-state index contributed by atoms with van der Waals surface area (Å²) in [6.07, 6.45) is 1.63. The number of benzene rings is 1. The van der Waals surface area contributed by atoms with E-state index in [-0.39, 0.29) is 5.88 Å². The number of fused-ring (bicyclic) bond motifs is 1. The minimum absolute atomic E-state index is 0.0147. The highest BCUT2D eigenvalue weighted by molar-refractivity contribution is 5.93. The molecule has 96 valence electrons. The van der Waals surface area contributed by atoms with Crippen molar-refractivity contribution in [3.05, 3.63) is 48.7 Å². The number of nitrogens with one attached hydrogen (secondary N) is 1. The molecule has 3 aromatic rings. The van der Waals surface area contributed by atoms with Gasteiger partial charge in [0.1, 0.15) is 5.65 Å². The van der Waals surface area contributed by atoms with Crippen LogP contribution in [0.5, 0.6) is 5.88 Å². The van der Waals surface area contributed by atoms with Crippen molar-refractivity contribution in [3.63, 3.8) is 0 Å². The molecule has 0 bridgehead atoms. The Balaban J connectivity index is 2.13. The Morgan fingerprint density at radius 1 is 1.11 bits per heavy atom. The molecule has 0 aliphatic heterocycles. The molecule has 0 aliphatic carbocycles. The Labute approximate surface area is 107 Å². The Kier molecular flexibility index (Phi) is 2.87. The average Bonchev–Trinajstić information content (AvgIpc) is 2.80. The van der Waals surface area contributed by atoms with Gasteiger partial charge in [0, 0.05) is 17.6 Å². The number of halogens is 2. The van der Waals surface area contributed by atoms with Crippen molar-refractivity contribution in [1.82, 2.24) is 9.97 Å². The molecular formula is C14H10F2N2O. The summed E-state index contributed by atoms with van der Waals surface area (Å²) in [5.74, 6) is 0.0147. The molecule has 1 N–H and O–H groups in total. The minimum Gasteiger partial charge on any atom is -0.419 e. The predicted molar refractivity (Wildman–Crippen MR) is 68.2 cm³/mol. The van der Waals surface area contributed by atoms with Crippen LogP contribution in [0.3, 0.4) is 0 Å². The van der Waals surface area contributed by atoms with Gasteiger partial charge in [-0.05, 0) is 17.2 Å². The van der Waals surface area contributed by atoms with Crippen molar-refractivity contribution in [2.75, 3.05) is 0 Å². The van der Waals surface area contributed by atoms with Gasteiger partial charge in [-0.3, -0.25) is 0 Å². The van der Waals surface area contributed by atoms with Crippen molar-refractivity contribution in [2.24, 2.45) is 0 Å². The number of H-pyrrole nitrogens is 1. The largest absolute Gasteiger partial charge is 0.419 e. The Morgan fingerprint density at radius 2 is 1.89 bits per heavy atom. The fraction of sp³-hybridized carbons (Fsp3) is 0.0714. The monoisotopic (exact) mass is 260 g/mol. The second-order valence-corrected chi connectivity index (χ2v) is 4.00. The molecule has 0 unspecified atom stereocenters. The molecular weight excluding hydrogens is 250 g/mol. The van der Waals surface area contributed by atoms with E-state index in [1.165, 1.54) is 6.07 Å². The maximum atomic E-state index is 12.2. The fourth-order valence-electron chi connectivity index (χ4n) is 2.03. The van der Waals surface area contributed by atoms with Crippen molar-refractivity contribution in [1.29, 1.82) is 0 Å². The van der Waals surface area contributed by atoms with Gasteiger partial charge in [-0.1, -0.05) is 30.3 Å². The number of ether oxygens (including phenoxy) is 1. The van der Waals surface area contributed by atoms with Gasteiger partial charge in [0.25, 0.3) is 0 Å². The van der Waals surface area contributed by atoms with E-state index in [2.05, 4.69) is 14.7 Å². The molecule has 3 nitrogen and oxygen atoms in total. The topological polar surface area (TPSA) is 37.9 Å². The molecule has 2 aromatic heterocycles. The first-order valence-electron chi connectivity index (χ1n) is 5.72. The zero-order chi connectivity index (χ0) is 13.2. The van der Waals surface area contributed by atoms with Gasteiger partial charge in [-0.15, -0.1) is 0 Å². The second-order valence-electron chi connectivity index (χ2n) is 4.00. The molecule has 3 rings (SSSR count). The van der Waals surface area contributed by atoms with Crippen LogP contribution < -0.4 is 4.74 Å². The van der Waals surface area contributed by atoms with E-state index in [1.807, 2.05) is 36.4 Å². The summed E-state index contributed by atoms with van der Waals surface area (Å²) in [6, 6.07) is 13.1. The zero-order valence-electron chi connectivity index (χ0n) is 9.81. The molecule has 0 saturated heterocycles. The van der Waals surface area contributed by atoms with Gasteiger partial charge in [-0.25, -0.2) is 4.98 Å². The van der Waals surface area contributed by atoms with Crippen LogP contribution in [-0.2, 0) is 0 Å². The Hall–Kier alpha value is -2.43. The van der Waals surface area contributed by atoms with Gasteiger partial charge in [0.05, 0.1) is 0 Å². The predicted octanol–water partition coefficient (Wildman–Crippen LogP) is 3.83. The van der Waals surface area contributed by atoms with Crippen molar-refractivity contribution in [2.45, 2.75) is 6.61 Å². The average molecular weight is 260 g/mol. The van der Waals surface area contributed by atoms with Gasteiger partial charge in [0.2, 0.25) is 0 Å². The molecule has 19 heavy (non-hydrogen) atoms. The lowest BCUT2D eigenvalue weighted by Gasteiger charge is -2.01. The van der Waals surface area contributed by atoms with Crippen LogP contribution in [0.2, 0.25) is 0 Å². The first-order chi connectivity index (χ1) is 9.24. The van der Waals surface area contributed by atoms with E-state index in [0.717, 1.165) is 16.5 Å². The summed E-state index contributed by atoms with van der Waals surface area (Å²) in [5, 5.41) is 0.754. The maximum absolute atomic E-state index is 12.2. The Bertz CT molecular complexity index is 695. The van der Waals surface area contributed by atoms with E-state index in [0.29, 0.717) is 5.65 Å². The first-order valence-corrected chi connectivity index (χ1v) is 5.72. The van der Waals surface area contributed by atoms with Crippen LogP contribution in [0, 0.1) is 0 Å². The third kappa shape index (κ3) is 2.27. The molecule has 0 fully saturated rings. The summed E-state index contributed by atoms with van der Waals surface area (Å²) in [6.45, 7) is -2.85. The summed E-state index contributed by atoms with van der Waals surface area (Å²) < 4.78 is 28.8. The third-order valence-electron chi connectivity index (χ3n) is 2.81. The van der Waals surface area contributed by atoms with Crippen LogP contribution in [0.15, 0.2) is 48.7 Å². The van der Waals surface area contributed by atoms with E-state index in [1.54, 1.807) is 6.20 Å². The summed E-state index contributed by atoms with van der Waals surface area (Å²) >= 11 is 0. The van der Waals surface area contributed by atoms with Gasteiger partial charge >= 0.3 is 6.61 Å². The van der Waals surface area contributed by atoms with E-state index < -0.39 is 6.61 Å². The molecule has 0 spiro atoms. The lowest BCUT2D eigenvalue weighted by molar-refractivity contribution is -0.0523. The normalized spacial score (nSPS) is 11.1. The third-order valence-corrected chi connectivity index (χ3v) is 2.81. The quantitative estimate of drug-likeness (QED) is 0.777. The number of hydrogen-bond acceptors (Lipinski definition) is 2. The van der Waals surface area contributed by atoms with Crippen molar-refractivity contribution in [3.8, 4) is 17.0 Å². The highest BCUT2D eigenvalue weighted by Gasteiger charge is 2.11. The number of rotatable bonds is 3. The van der Waals surface area contributed by atoms with Crippen LogP contribution in [-0.4, -0.2) is 16.6 Å². The van der Waals surface area contributed by atoms with Gasteiger partial charge in [0.15, 0.2) is 5.88 Å². The van der Waals surface area contributed by atoms with Crippen LogP contribution in [0.1, 0.15) is 0 Å². The van der Waals surface area contributed by atoms with Gasteiger partial charge < -0.3 is 9.72 Å². The molecule has 0 amide bonds. The Morgan fingerprint density at radius 3 is 2.63 bits per heavy atom. The number of nitrogens with zero attached hydrogens (tertiary/aromatic N) is 1. The fourth-order valence-corrected chi connectivity index (χ4v) is 2.03. The maximum Gasteiger partial charge on any atom is 0.388 e. The number of alkyl halides is 2. The second kappa shape index (κ2) is 4.68. The van der Waals surface area contributed by atoms with E-state index >= 15 is 0 Å². The number of pyridine rings is 1. The number of hydrogen-bond donors (Lipinski definition) is 1. The summed E-state index contributed by atoms with van der Waals surface area (Å²) in [5.41, 5.74) is 2.44. The minimum atomic E-state index is -2.85. The van der Waals surface area contributed by atoms with Crippen LogP contribution in [0.4, 0.5) is 8.78 Å². The molecule has 2 heterocycles. The summed E-state index contributed by atoms with van der Waals surface area (Å²) in [4.78, 5) is 6.84. The van der Waals surface area contributed by atoms with Gasteiger partial charge in [-0.2, -0.15) is 8.78 Å². The zero-order valence-corrected chi connectivity index (χ0v) is 9.81. The lowest BCUT2D eigenvalue weighted by Crippen LogP contribution is -2.01. The molecule has 0 saturated carbocycles. The standard InChI is InChI=1S/C14H10F2N2O/c15-14(16)19-12-8-11-10(6-7-17-13(11)18-12)9-4-2-1-3-5-9/h1-8,14H,(H,17,18). The highest BCUT2D eigenvalue weighted by atomic mass is 19.3. The molecule has 0 radical (unpaired) electrons. The molecule has 1 aromatic carbocycles. The SMILES string of the molecule is FC(F)Oc1cc2c(-c3ccccc3)ccnc2[nH]1. The van der Waals surface area contributed by atoms with E-state index in [4.69, 9.17) is 0 Å². The number of aromatic amines is 1. The first kappa shape index (κ1) is 11.6. The summed E-state index contributed by atoms with van der Waals surface area (Å²) in [7, 11) is 0. The lowest BCUT2D eigenvalue weighted by atomic mass is 10.0. The molecule has 5 heteroatoms. The van der Waals surface area contributed by atoms with Crippen molar-refractivity contribution >= 4 is 11.0 Å². The molecule has 0 aliphatic rings.